The molecule has 1 fully saturated rings. The summed E-state index contributed by atoms with van der Waals surface area (Å²) in [5.41, 5.74) is 11.2. The topological polar surface area (TPSA) is 453 Å². The molecular weight excluding hydrogens is 939 g/mol. The van der Waals surface area contributed by atoms with Gasteiger partial charge < -0.3 is 79.5 Å². The second kappa shape index (κ2) is 30.5. The highest BCUT2D eigenvalue weighted by Crippen LogP contribution is 2.18. The number of carbonyl (C=O) groups excluding carboxylic acids is 9. The molecule has 1 aliphatic heterocycles. The van der Waals surface area contributed by atoms with E-state index in [4.69, 9.17) is 27.1 Å². The van der Waals surface area contributed by atoms with Crippen molar-refractivity contribution in [2.45, 2.75) is 148 Å². The van der Waals surface area contributed by atoms with Crippen molar-refractivity contribution < 1.29 is 72.9 Å². The Bertz CT molecular complexity index is 1950. The quantitative estimate of drug-likeness (QED) is 0.0177. The SMILES string of the molecule is CC[C@H](C)[C@H](NC(=O)[C@H](CCCNC(=N)N)NC(=O)[C@@H](N)CCC(=O)O)C(=O)N[C@H](C(=O)N[C@@H](CC(=O)O)C(=O)N[C@H](C(=O)N[C@@H](C)C(=O)NCC(=O)N1CCC[C@H]1C(=O)NCC(=O)O)C(C)C)C(C)C. The standard InChI is InChI=1S/C43H73N13O15/c1-8-22(6)34(55-37(66)25(11-9-15-47-43(45)46)51-36(65)24(44)13-14-29(58)59)42(71)54-33(21(4)5)41(70)52-26(17-30(60)61)38(67)53-32(20(2)3)40(69)50-23(7)35(64)48-18-28(57)56-16-10-12-27(56)39(68)49-19-31(62)63/h20-27,32-34H,8-19,44H2,1-7H3,(H,48,64)(H,49,68)(H,50,69)(H,51,65)(H,52,70)(H,53,67)(H,54,71)(H,55,66)(H,58,59)(H,60,61)(H,62,63)(H4,45,46,47)/t22-,23-,24-,25-,26-,27-,32-,33-,34-/m0/s1. The number of nitrogens with two attached hydrogens (primary N) is 2. The van der Waals surface area contributed by atoms with Gasteiger partial charge >= 0.3 is 17.9 Å². The van der Waals surface area contributed by atoms with Crippen molar-refractivity contribution in [3.8, 4) is 0 Å². The number of guanidine groups is 1. The van der Waals surface area contributed by atoms with Crippen LogP contribution >= 0.6 is 0 Å². The summed E-state index contributed by atoms with van der Waals surface area (Å²) in [4.78, 5) is 155. The predicted molar refractivity (Wildman–Crippen MR) is 251 cm³/mol. The Balaban J connectivity index is 3.17. The molecule has 0 aromatic heterocycles. The molecule has 1 rings (SSSR count). The summed E-state index contributed by atoms with van der Waals surface area (Å²) < 4.78 is 0. The summed E-state index contributed by atoms with van der Waals surface area (Å²) in [6, 6.07) is -10.8. The van der Waals surface area contributed by atoms with E-state index in [1.165, 1.54) is 25.7 Å². The lowest BCUT2D eigenvalue weighted by Crippen LogP contribution is -2.62. The van der Waals surface area contributed by atoms with E-state index in [1.54, 1.807) is 27.7 Å². The number of carbonyl (C=O) groups is 12. The van der Waals surface area contributed by atoms with Gasteiger partial charge in [-0.25, -0.2) is 0 Å². The highest BCUT2D eigenvalue weighted by atomic mass is 16.4. The highest BCUT2D eigenvalue weighted by Gasteiger charge is 2.38. The van der Waals surface area contributed by atoms with Crippen molar-refractivity contribution in [2.24, 2.45) is 29.2 Å². The fourth-order valence-electron chi connectivity index (χ4n) is 7.06. The van der Waals surface area contributed by atoms with Gasteiger partial charge in [-0.2, -0.15) is 0 Å². The maximum absolute atomic E-state index is 14.0. The van der Waals surface area contributed by atoms with Crippen LogP contribution in [-0.2, 0) is 57.5 Å². The number of aliphatic carboxylic acids is 3. The molecule has 28 heteroatoms. The van der Waals surface area contributed by atoms with Crippen molar-refractivity contribution in [1.29, 1.82) is 5.41 Å². The first-order valence-corrected chi connectivity index (χ1v) is 23.3. The molecule has 9 amide bonds. The third kappa shape index (κ3) is 22.0. The molecular formula is C43H73N13O15. The van der Waals surface area contributed by atoms with Gasteiger partial charge in [0.2, 0.25) is 53.2 Å². The van der Waals surface area contributed by atoms with Gasteiger partial charge in [-0.15, -0.1) is 0 Å². The van der Waals surface area contributed by atoms with Crippen LogP contribution in [0.25, 0.3) is 0 Å². The molecule has 0 bridgehead atoms. The first kappa shape index (κ1) is 61.9. The van der Waals surface area contributed by atoms with E-state index in [-0.39, 0.29) is 44.7 Å². The van der Waals surface area contributed by atoms with Crippen LogP contribution in [0.3, 0.4) is 0 Å². The first-order chi connectivity index (χ1) is 33.1. The van der Waals surface area contributed by atoms with E-state index in [1.807, 2.05) is 0 Å². The maximum Gasteiger partial charge on any atom is 0.322 e. The average Bonchev–Trinajstić information content (AvgIpc) is 3.79. The molecule has 0 unspecified atom stereocenters. The van der Waals surface area contributed by atoms with Gasteiger partial charge in [0.1, 0.15) is 48.8 Å². The number of carboxylic acid groups (broad SMARTS) is 3. The van der Waals surface area contributed by atoms with Crippen molar-refractivity contribution in [3.63, 3.8) is 0 Å². The van der Waals surface area contributed by atoms with Gasteiger partial charge in [0, 0.05) is 19.5 Å². The molecule has 1 aliphatic rings. The van der Waals surface area contributed by atoms with Gasteiger partial charge in [-0.1, -0.05) is 48.0 Å². The lowest BCUT2D eigenvalue weighted by Gasteiger charge is -2.30. The van der Waals surface area contributed by atoms with Gasteiger partial charge in [0.25, 0.3) is 0 Å². The molecule has 17 N–H and O–H groups in total. The fraction of sp³-hybridized carbons (Fsp3) is 0.698. The van der Waals surface area contributed by atoms with E-state index in [0.29, 0.717) is 12.8 Å². The number of rotatable bonds is 31. The summed E-state index contributed by atoms with van der Waals surface area (Å²) in [7, 11) is 0. The van der Waals surface area contributed by atoms with Crippen LogP contribution in [0.5, 0.6) is 0 Å². The predicted octanol–water partition coefficient (Wildman–Crippen LogP) is -4.49. The summed E-state index contributed by atoms with van der Waals surface area (Å²) in [6.07, 6.45) is -0.426. The minimum absolute atomic E-state index is 0.0400. The highest BCUT2D eigenvalue weighted by molar-refractivity contribution is 5.99. The van der Waals surface area contributed by atoms with Crippen LogP contribution in [0.1, 0.15) is 99.8 Å². The Morgan fingerprint density at radius 1 is 0.620 bits per heavy atom. The van der Waals surface area contributed by atoms with E-state index in [0.717, 1.165) is 0 Å². The lowest BCUT2D eigenvalue weighted by atomic mass is 9.95. The van der Waals surface area contributed by atoms with Crippen molar-refractivity contribution >= 4 is 77.0 Å². The Morgan fingerprint density at radius 3 is 1.69 bits per heavy atom. The molecule has 1 heterocycles. The summed E-state index contributed by atoms with van der Waals surface area (Å²) in [6.45, 7) is 9.90. The molecule has 0 spiro atoms. The zero-order valence-corrected chi connectivity index (χ0v) is 41.2. The van der Waals surface area contributed by atoms with Crippen LogP contribution in [0.15, 0.2) is 0 Å². The number of nitrogens with one attached hydrogen (secondary N) is 10. The van der Waals surface area contributed by atoms with Crippen molar-refractivity contribution in [3.05, 3.63) is 0 Å². The molecule has 1 saturated heterocycles. The third-order valence-electron chi connectivity index (χ3n) is 11.4. The molecule has 0 aliphatic carbocycles. The molecule has 28 nitrogen and oxygen atoms in total. The second-order valence-electron chi connectivity index (χ2n) is 17.9. The number of amides is 9. The van der Waals surface area contributed by atoms with Crippen LogP contribution in [-0.4, -0.2) is 172 Å². The summed E-state index contributed by atoms with van der Waals surface area (Å²) in [5, 5.41) is 56.9. The van der Waals surface area contributed by atoms with Gasteiger partial charge in [-0.3, -0.25) is 62.9 Å². The Hall–Kier alpha value is -7.13. The summed E-state index contributed by atoms with van der Waals surface area (Å²) >= 11 is 0. The van der Waals surface area contributed by atoms with E-state index in [2.05, 4.69) is 47.9 Å². The molecule has 400 valence electrons. The second-order valence-corrected chi connectivity index (χ2v) is 17.9. The van der Waals surface area contributed by atoms with Crippen LogP contribution in [0.4, 0.5) is 0 Å². The number of hydrogen-bond donors (Lipinski definition) is 15. The van der Waals surface area contributed by atoms with Crippen LogP contribution in [0, 0.1) is 23.2 Å². The number of likely N-dealkylation sites (tertiary alicyclic amines) is 1. The number of hydrogen-bond acceptors (Lipinski definition) is 14. The van der Waals surface area contributed by atoms with E-state index >= 15 is 0 Å². The summed E-state index contributed by atoms with van der Waals surface area (Å²) in [5.74, 6) is -14.0. The van der Waals surface area contributed by atoms with Gasteiger partial charge in [-0.05, 0) is 56.8 Å². The van der Waals surface area contributed by atoms with Crippen LogP contribution in [0.2, 0.25) is 0 Å². The maximum atomic E-state index is 14.0. The van der Waals surface area contributed by atoms with E-state index in [9.17, 15) is 62.6 Å². The normalized spacial score (nSPS) is 16.5. The minimum atomic E-state index is -1.81. The number of carboxylic acids is 3. The molecule has 9 atom stereocenters. The van der Waals surface area contributed by atoms with Gasteiger partial charge in [0.15, 0.2) is 5.96 Å². The van der Waals surface area contributed by atoms with E-state index < -0.39 is 163 Å². The smallest absolute Gasteiger partial charge is 0.322 e. The Labute approximate surface area is 410 Å². The molecule has 0 saturated carbocycles. The average molecular weight is 1010 g/mol. The monoisotopic (exact) mass is 1010 g/mol. The van der Waals surface area contributed by atoms with Gasteiger partial charge in [0.05, 0.1) is 19.0 Å². The molecule has 0 radical (unpaired) electrons. The van der Waals surface area contributed by atoms with Crippen LogP contribution < -0.4 is 59.3 Å². The number of nitrogens with zero attached hydrogens (tertiary/aromatic N) is 1. The van der Waals surface area contributed by atoms with Crippen molar-refractivity contribution in [1.82, 2.24) is 52.8 Å². The zero-order chi connectivity index (χ0) is 54.3. The first-order valence-electron chi connectivity index (χ1n) is 23.3. The molecule has 0 aromatic rings. The molecule has 71 heavy (non-hydrogen) atoms. The molecule has 0 aromatic carbocycles. The zero-order valence-electron chi connectivity index (χ0n) is 41.2. The van der Waals surface area contributed by atoms with Crippen molar-refractivity contribution in [2.75, 3.05) is 26.2 Å². The minimum Gasteiger partial charge on any atom is -0.481 e. The Morgan fingerprint density at radius 2 is 1.15 bits per heavy atom. The third-order valence-corrected chi connectivity index (χ3v) is 11.4. The Kier molecular flexibility index (Phi) is 26.6. The largest absolute Gasteiger partial charge is 0.481 e. The fourth-order valence-corrected chi connectivity index (χ4v) is 7.06. The lowest BCUT2D eigenvalue weighted by molar-refractivity contribution is -0.142.